The van der Waals surface area contributed by atoms with E-state index in [1.165, 1.54) is 11.1 Å². The Morgan fingerprint density at radius 1 is 1.09 bits per heavy atom. The second-order valence-corrected chi connectivity index (χ2v) is 8.13. The monoisotopic (exact) mass is 549 g/mol. The van der Waals surface area contributed by atoms with Crippen molar-refractivity contribution in [2.24, 2.45) is 4.99 Å². The molecule has 1 aliphatic rings. The third-order valence-electron chi connectivity index (χ3n) is 5.53. The molecule has 0 fully saturated rings. The second kappa shape index (κ2) is 13.4. The normalized spacial score (nSPS) is 13.7. The standard InChI is InChI=1S/C25H35N5O.HI/c1-4-26-25(27-14-12-20-8-7-11-22(18-20)24(31)29(2)3)28-15-17-30-16-13-21-9-5-6-10-23(21)19-30;/h5-11,18H,4,12-17,19H2,1-3H3,(H2,26,27,28);1H. The fourth-order valence-corrected chi connectivity index (χ4v) is 3.83. The minimum atomic E-state index is 0. The van der Waals surface area contributed by atoms with Gasteiger partial charge in [0.1, 0.15) is 0 Å². The van der Waals surface area contributed by atoms with Crippen molar-refractivity contribution < 1.29 is 4.79 Å². The summed E-state index contributed by atoms with van der Waals surface area (Å²) >= 11 is 0. The zero-order chi connectivity index (χ0) is 22.1. The average molecular weight is 550 g/mol. The third kappa shape index (κ3) is 7.78. The van der Waals surface area contributed by atoms with E-state index in [0.29, 0.717) is 0 Å². The van der Waals surface area contributed by atoms with Gasteiger partial charge in [-0.2, -0.15) is 0 Å². The van der Waals surface area contributed by atoms with E-state index < -0.39 is 0 Å². The van der Waals surface area contributed by atoms with E-state index in [9.17, 15) is 4.79 Å². The molecule has 0 atom stereocenters. The third-order valence-corrected chi connectivity index (χ3v) is 5.53. The van der Waals surface area contributed by atoms with Crippen LogP contribution in [0, 0.1) is 0 Å². The number of guanidine groups is 1. The molecule has 1 aliphatic heterocycles. The number of carbonyl (C=O) groups excluding carboxylic acids is 1. The van der Waals surface area contributed by atoms with Crippen molar-refractivity contribution in [3.8, 4) is 0 Å². The molecule has 2 N–H and O–H groups in total. The summed E-state index contributed by atoms with van der Waals surface area (Å²) in [4.78, 5) is 21.0. The first-order chi connectivity index (χ1) is 15.1. The van der Waals surface area contributed by atoms with Crippen molar-refractivity contribution in [3.05, 3.63) is 70.8 Å². The van der Waals surface area contributed by atoms with Gasteiger partial charge >= 0.3 is 0 Å². The number of benzene rings is 2. The molecule has 0 saturated carbocycles. The van der Waals surface area contributed by atoms with E-state index in [1.54, 1.807) is 19.0 Å². The molecular formula is C25H36IN5O. The molecule has 0 saturated heterocycles. The Hall–Kier alpha value is -2.13. The second-order valence-electron chi connectivity index (χ2n) is 8.13. The van der Waals surface area contributed by atoms with Gasteiger partial charge in [-0.1, -0.05) is 36.4 Å². The Morgan fingerprint density at radius 2 is 1.88 bits per heavy atom. The van der Waals surface area contributed by atoms with Crippen LogP contribution in [0.3, 0.4) is 0 Å². The van der Waals surface area contributed by atoms with Gasteiger partial charge < -0.3 is 15.5 Å². The van der Waals surface area contributed by atoms with Crippen molar-refractivity contribution in [1.29, 1.82) is 0 Å². The maximum absolute atomic E-state index is 12.2. The van der Waals surface area contributed by atoms with E-state index >= 15 is 0 Å². The topological polar surface area (TPSA) is 60.0 Å². The fourth-order valence-electron chi connectivity index (χ4n) is 3.83. The summed E-state index contributed by atoms with van der Waals surface area (Å²) in [5.74, 6) is 0.880. The molecular weight excluding hydrogens is 513 g/mol. The van der Waals surface area contributed by atoms with E-state index in [-0.39, 0.29) is 29.9 Å². The van der Waals surface area contributed by atoms with Gasteiger partial charge in [0.05, 0.1) is 6.54 Å². The molecule has 2 aromatic carbocycles. The molecule has 0 aromatic heterocycles. The molecule has 0 bridgehead atoms. The van der Waals surface area contributed by atoms with E-state index in [4.69, 9.17) is 4.99 Å². The van der Waals surface area contributed by atoms with Crippen LogP contribution in [0.1, 0.15) is 34.0 Å². The Balaban J connectivity index is 0.00000363. The Kier molecular flexibility index (Phi) is 11.0. The molecule has 7 heteroatoms. The van der Waals surface area contributed by atoms with Crippen LogP contribution in [0.15, 0.2) is 53.5 Å². The van der Waals surface area contributed by atoms with E-state index in [0.717, 1.165) is 69.2 Å². The summed E-state index contributed by atoms with van der Waals surface area (Å²) < 4.78 is 0. The molecule has 174 valence electrons. The molecule has 2 aromatic rings. The number of fused-ring (bicyclic) bond motifs is 1. The molecule has 1 amide bonds. The van der Waals surface area contributed by atoms with Crippen LogP contribution in [0.5, 0.6) is 0 Å². The van der Waals surface area contributed by atoms with Crippen LogP contribution in [0.4, 0.5) is 0 Å². The van der Waals surface area contributed by atoms with Gasteiger partial charge in [-0.05, 0) is 48.6 Å². The molecule has 6 nitrogen and oxygen atoms in total. The first kappa shape index (κ1) is 26.1. The van der Waals surface area contributed by atoms with Crippen molar-refractivity contribution >= 4 is 35.8 Å². The fraction of sp³-hybridized carbons (Fsp3) is 0.440. The summed E-state index contributed by atoms with van der Waals surface area (Å²) in [5.41, 5.74) is 4.79. The van der Waals surface area contributed by atoms with Crippen LogP contribution >= 0.6 is 24.0 Å². The summed E-state index contributed by atoms with van der Waals surface area (Å²) in [6.45, 7) is 7.51. The van der Waals surface area contributed by atoms with E-state index in [1.807, 2.05) is 18.2 Å². The lowest BCUT2D eigenvalue weighted by atomic mass is 10.0. The number of carbonyl (C=O) groups is 1. The van der Waals surface area contributed by atoms with Crippen LogP contribution in [0.25, 0.3) is 0 Å². The summed E-state index contributed by atoms with van der Waals surface area (Å²) in [6.07, 6.45) is 1.95. The highest BCUT2D eigenvalue weighted by atomic mass is 127. The smallest absolute Gasteiger partial charge is 0.253 e. The Labute approximate surface area is 209 Å². The number of halogens is 1. The summed E-state index contributed by atoms with van der Waals surface area (Å²) in [5, 5.41) is 6.75. The van der Waals surface area contributed by atoms with Gasteiger partial charge in [-0.25, -0.2) is 0 Å². The van der Waals surface area contributed by atoms with Crippen molar-refractivity contribution in [2.75, 3.05) is 46.8 Å². The Morgan fingerprint density at radius 3 is 2.62 bits per heavy atom. The SMILES string of the molecule is CCNC(=NCCN1CCc2ccccc2C1)NCCc1cccc(C(=O)N(C)C)c1.I. The molecule has 1 heterocycles. The van der Waals surface area contributed by atoms with Crippen LogP contribution < -0.4 is 10.6 Å². The molecule has 0 aliphatic carbocycles. The number of nitrogens with one attached hydrogen (secondary N) is 2. The largest absolute Gasteiger partial charge is 0.357 e. The van der Waals surface area contributed by atoms with Crippen LogP contribution in [-0.4, -0.2) is 68.5 Å². The molecule has 3 rings (SSSR count). The predicted molar refractivity (Wildman–Crippen MR) is 143 cm³/mol. The number of aliphatic imine (C=N–C) groups is 1. The van der Waals surface area contributed by atoms with Gasteiger partial charge in [0.2, 0.25) is 0 Å². The van der Waals surface area contributed by atoms with Crippen LogP contribution in [0.2, 0.25) is 0 Å². The number of amides is 1. The Bertz CT molecular complexity index is 899. The van der Waals surface area contributed by atoms with Crippen LogP contribution in [-0.2, 0) is 19.4 Å². The van der Waals surface area contributed by atoms with E-state index in [2.05, 4.69) is 52.8 Å². The maximum Gasteiger partial charge on any atom is 0.253 e. The lowest BCUT2D eigenvalue weighted by Gasteiger charge is -2.28. The lowest BCUT2D eigenvalue weighted by Crippen LogP contribution is -2.39. The number of hydrogen-bond acceptors (Lipinski definition) is 3. The molecule has 0 unspecified atom stereocenters. The average Bonchev–Trinajstić information content (AvgIpc) is 2.78. The lowest BCUT2D eigenvalue weighted by molar-refractivity contribution is 0.0827. The van der Waals surface area contributed by atoms with Crippen molar-refractivity contribution in [3.63, 3.8) is 0 Å². The summed E-state index contributed by atoms with van der Waals surface area (Å²) in [6, 6.07) is 16.6. The van der Waals surface area contributed by atoms with Crippen molar-refractivity contribution in [1.82, 2.24) is 20.4 Å². The van der Waals surface area contributed by atoms with Gasteiger partial charge in [0, 0.05) is 52.4 Å². The highest BCUT2D eigenvalue weighted by Gasteiger charge is 2.15. The first-order valence-corrected chi connectivity index (χ1v) is 11.2. The number of rotatable bonds is 8. The zero-order valence-electron chi connectivity index (χ0n) is 19.4. The molecule has 0 radical (unpaired) electrons. The number of nitrogens with zero attached hydrogens (tertiary/aromatic N) is 3. The van der Waals surface area contributed by atoms with Gasteiger partial charge in [-0.15, -0.1) is 24.0 Å². The van der Waals surface area contributed by atoms with Crippen molar-refractivity contribution in [2.45, 2.75) is 26.3 Å². The van der Waals surface area contributed by atoms with Gasteiger partial charge in [-0.3, -0.25) is 14.7 Å². The minimum Gasteiger partial charge on any atom is -0.357 e. The first-order valence-electron chi connectivity index (χ1n) is 11.2. The zero-order valence-corrected chi connectivity index (χ0v) is 21.8. The molecule has 0 spiro atoms. The maximum atomic E-state index is 12.2. The highest BCUT2D eigenvalue weighted by Crippen LogP contribution is 2.17. The predicted octanol–water partition coefficient (Wildman–Crippen LogP) is 3.16. The quantitative estimate of drug-likeness (QED) is 0.302. The van der Waals surface area contributed by atoms with Gasteiger partial charge in [0.25, 0.3) is 5.91 Å². The number of hydrogen-bond donors (Lipinski definition) is 2. The highest BCUT2D eigenvalue weighted by molar-refractivity contribution is 14.0. The molecule has 32 heavy (non-hydrogen) atoms. The minimum absolute atomic E-state index is 0. The summed E-state index contributed by atoms with van der Waals surface area (Å²) in [7, 11) is 3.55. The van der Waals surface area contributed by atoms with Gasteiger partial charge in [0.15, 0.2) is 5.96 Å².